The van der Waals surface area contributed by atoms with Gasteiger partial charge in [-0.2, -0.15) is 0 Å². The van der Waals surface area contributed by atoms with Crippen LogP contribution in [-0.4, -0.2) is 19.0 Å². The highest BCUT2D eigenvalue weighted by atomic mass is 19.1. The topological polar surface area (TPSA) is 36.4 Å². The summed E-state index contributed by atoms with van der Waals surface area (Å²) in [5, 5.41) is 6.40. The first-order valence-electron chi connectivity index (χ1n) is 7.68. The summed E-state index contributed by atoms with van der Waals surface area (Å²) >= 11 is 0. The van der Waals surface area contributed by atoms with Gasteiger partial charge in [-0.15, -0.1) is 0 Å². The summed E-state index contributed by atoms with van der Waals surface area (Å²) in [7, 11) is 0. The Labute approximate surface area is 135 Å². The predicted octanol–water partition coefficient (Wildman–Crippen LogP) is 3.26. The van der Waals surface area contributed by atoms with E-state index in [1.165, 1.54) is 24.3 Å². The van der Waals surface area contributed by atoms with Crippen molar-refractivity contribution in [2.24, 2.45) is 4.99 Å². The summed E-state index contributed by atoms with van der Waals surface area (Å²) in [4.78, 5) is 4.47. The zero-order valence-electron chi connectivity index (χ0n) is 13.2. The van der Waals surface area contributed by atoms with Crippen molar-refractivity contribution >= 4 is 5.96 Å². The SMILES string of the molecule is CCNC(=NCc1ccc(F)cc1)NCCc1ccc(F)cc1. The molecule has 0 atom stereocenters. The van der Waals surface area contributed by atoms with Gasteiger partial charge in [-0.1, -0.05) is 24.3 Å². The Balaban J connectivity index is 1.86. The highest BCUT2D eigenvalue weighted by molar-refractivity contribution is 5.79. The standard InChI is InChI=1S/C18H21F2N3/c1-2-21-18(23-13-15-5-9-17(20)10-6-15)22-12-11-14-3-7-16(19)8-4-14/h3-10H,2,11-13H2,1H3,(H2,21,22,23). The van der Waals surface area contributed by atoms with Crippen molar-refractivity contribution in [1.82, 2.24) is 10.6 Å². The molecule has 2 N–H and O–H groups in total. The van der Waals surface area contributed by atoms with Crippen molar-refractivity contribution in [3.05, 3.63) is 71.3 Å². The van der Waals surface area contributed by atoms with Gasteiger partial charge in [-0.05, 0) is 48.7 Å². The molecule has 0 aliphatic heterocycles. The molecular weight excluding hydrogens is 296 g/mol. The van der Waals surface area contributed by atoms with E-state index in [1.54, 1.807) is 24.3 Å². The molecule has 3 nitrogen and oxygen atoms in total. The molecule has 0 saturated heterocycles. The van der Waals surface area contributed by atoms with Gasteiger partial charge < -0.3 is 10.6 Å². The number of nitrogens with zero attached hydrogens (tertiary/aromatic N) is 1. The number of benzene rings is 2. The maximum absolute atomic E-state index is 12.9. The number of aliphatic imine (C=N–C) groups is 1. The molecular formula is C18H21F2N3. The van der Waals surface area contributed by atoms with Crippen LogP contribution in [0.1, 0.15) is 18.1 Å². The number of rotatable bonds is 6. The summed E-state index contributed by atoms with van der Waals surface area (Å²) in [6, 6.07) is 12.8. The molecule has 0 amide bonds. The number of halogens is 2. The maximum atomic E-state index is 12.9. The molecule has 0 saturated carbocycles. The van der Waals surface area contributed by atoms with Gasteiger partial charge in [0.05, 0.1) is 6.54 Å². The Morgan fingerprint density at radius 1 is 0.870 bits per heavy atom. The first kappa shape index (κ1) is 16.9. The van der Waals surface area contributed by atoms with Crippen molar-refractivity contribution in [2.45, 2.75) is 19.9 Å². The molecule has 0 aliphatic rings. The molecule has 5 heteroatoms. The molecule has 0 radical (unpaired) electrons. The smallest absolute Gasteiger partial charge is 0.191 e. The fourth-order valence-electron chi connectivity index (χ4n) is 2.08. The van der Waals surface area contributed by atoms with Crippen LogP contribution in [0.4, 0.5) is 8.78 Å². The quantitative estimate of drug-likeness (QED) is 0.634. The van der Waals surface area contributed by atoms with E-state index in [0.717, 1.165) is 24.1 Å². The second kappa shape index (κ2) is 8.88. The Bertz CT molecular complexity index is 622. The lowest BCUT2D eigenvalue weighted by molar-refractivity contribution is 0.626. The lowest BCUT2D eigenvalue weighted by Gasteiger charge is -2.11. The Morgan fingerprint density at radius 2 is 1.43 bits per heavy atom. The molecule has 0 aromatic heterocycles. The van der Waals surface area contributed by atoms with E-state index in [2.05, 4.69) is 15.6 Å². The monoisotopic (exact) mass is 317 g/mol. The first-order chi connectivity index (χ1) is 11.2. The minimum Gasteiger partial charge on any atom is -0.357 e. The van der Waals surface area contributed by atoms with Crippen LogP contribution in [0, 0.1) is 11.6 Å². The lowest BCUT2D eigenvalue weighted by Crippen LogP contribution is -2.38. The third-order valence-electron chi connectivity index (χ3n) is 3.30. The maximum Gasteiger partial charge on any atom is 0.191 e. The van der Waals surface area contributed by atoms with Crippen LogP contribution in [0.5, 0.6) is 0 Å². The number of guanidine groups is 1. The zero-order chi connectivity index (χ0) is 16.5. The largest absolute Gasteiger partial charge is 0.357 e. The van der Waals surface area contributed by atoms with Crippen molar-refractivity contribution < 1.29 is 8.78 Å². The molecule has 2 aromatic carbocycles. The van der Waals surface area contributed by atoms with E-state index in [4.69, 9.17) is 0 Å². The Morgan fingerprint density at radius 3 is 2.00 bits per heavy atom. The second-order valence-corrected chi connectivity index (χ2v) is 5.12. The van der Waals surface area contributed by atoms with Crippen LogP contribution >= 0.6 is 0 Å². The van der Waals surface area contributed by atoms with Crippen LogP contribution in [0.15, 0.2) is 53.5 Å². The molecule has 0 bridgehead atoms. The van der Waals surface area contributed by atoms with Crippen molar-refractivity contribution in [3.8, 4) is 0 Å². The van der Waals surface area contributed by atoms with Crippen molar-refractivity contribution in [1.29, 1.82) is 0 Å². The molecule has 0 spiro atoms. The Hall–Kier alpha value is -2.43. The summed E-state index contributed by atoms with van der Waals surface area (Å²) in [5.41, 5.74) is 2.01. The van der Waals surface area contributed by atoms with E-state index in [1.807, 2.05) is 6.92 Å². The molecule has 0 aliphatic carbocycles. The molecule has 23 heavy (non-hydrogen) atoms. The van der Waals surface area contributed by atoms with Gasteiger partial charge in [0.15, 0.2) is 5.96 Å². The van der Waals surface area contributed by atoms with Crippen LogP contribution < -0.4 is 10.6 Å². The molecule has 2 aromatic rings. The van der Waals surface area contributed by atoms with Gasteiger partial charge in [-0.25, -0.2) is 13.8 Å². The molecule has 0 unspecified atom stereocenters. The van der Waals surface area contributed by atoms with Gasteiger partial charge in [0, 0.05) is 13.1 Å². The first-order valence-corrected chi connectivity index (χ1v) is 7.68. The summed E-state index contributed by atoms with van der Waals surface area (Å²) in [5.74, 6) is 0.233. The second-order valence-electron chi connectivity index (χ2n) is 5.12. The van der Waals surface area contributed by atoms with Gasteiger partial charge in [0.2, 0.25) is 0 Å². The zero-order valence-corrected chi connectivity index (χ0v) is 13.2. The van der Waals surface area contributed by atoms with Crippen molar-refractivity contribution in [3.63, 3.8) is 0 Å². The average Bonchev–Trinajstić information content (AvgIpc) is 2.56. The van der Waals surface area contributed by atoms with E-state index in [-0.39, 0.29) is 11.6 Å². The normalized spacial score (nSPS) is 11.3. The molecule has 2 rings (SSSR count). The van der Waals surface area contributed by atoms with Crippen molar-refractivity contribution in [2.75, 3.05) is 13.1 Å². The fourth-order valence-corrected chi connectivity index (χ4v) is 2.08. The molecule has 122 valence electrons. The summed E-state index contributed by atoms with van der Waals surface area (Å²) in [6.45, 7) is 3.92. The Kier molecular flexibility index (Phi) is 6.54. The predicted molar refractivity (Wildman–Crippen MR) is 89.3 cm³/mol. The molecule has 0 fully saturated rings. The summed E-state index contributed by atoms with van der Waals surface area (Å²) < 4.78 is 25.7. The lowest BCUT2D eigenvalue weighted by atomic mass is 10.1. The fraction of sp³-hybridized carbons (Fsp3) is 0.278. The number of hydrogen-bond donors (Lipinski definition) is 2. The van der Waals surface area contributed by atoms with Gasteiger partial charge >= 0.3 is 0 Å². The van der Waals surface area contributed by atoms with E-state index in [9.17, 15) is 8.78 Å². The minimum atomic E-state index is -0.248. The minimum absolute atomic E-state index is 0.226. The number of hydrogen-bond acceptors (Lipinski definition) is 1. The van der Waals surface area contributed by atoms with Gasteiger partial charge in [0.1, 0.15) is 11.6 Å². The van der Waals surface area contributed by atoms with E-state index < -0.39 is 0 Å². The summed E-state index contributed by atoms with van der Waals surface area (Å²) in [6.07, 6.45) is 0.779. The highest BCUT2D eigenvalue weighted by Crippen LogP contribution is 2.04. The van der Waals surface area contributed by atoms with E-state index >= 15 is 0 Å². The third-order valence-corrected chi connectivity index (χ3v) is 3.30. The van der Waals surface area contributed by atoms with Crippen LogP contribution in [0.3, 0.4) is 0 Å². The number of nitrogens with one attached hydrogen (secondary N) is 2. The average molecular weight is 317 g/mol. The van der Waals surface area contributed by atoms with Crippen LogP contribution in [0.25, 0.3) is 0 Å². The third kappa shape index (κ3) is 6.06. The van der Waals surface area contributed by atoms with Gasteiger partial charge in [-0.3, -0.25) is 0 Å². The van der Waals surface area contributed by atoms with Crippen LogP contribution in [0.2, 0.25) is 0 Å². The van der Waals surface area contributed by atoms with Crippen LogP contribution in [-0.2, 0) is 13.0 Å². The highest BCUT2D eigenvalue weighted by Gasteiger charge is 1.99. The van der Waals surface area contributed by atoms with E-state index in [0.29, 0.717) is 19.0 Å². The molecule has 0 heterocycles. The van der Waals surface area contributed by atoms with Gasteiger partial charge in [0.25, 0.3) is 0 Å².